The fourth-order valence-electron chi connectivity index (χ4n) is 4.56. The molecule has 8 heteroatoms. The summed E-state index contributed by atoms with van der Waals surface area (Å²) in [7, 11) is 0. The molecule has 156 valence electrons. The Morgan fingerprint density at radius 1 is 1.28 bits per heavy atom. The summed E-state index contributed by atoms with van der Waals surface area (Å²) in [5.74, 6) is 1.96. The second-order valence-electron chi connectivity index (χ2n) is 9.38. The van der Waals surface area contributed by atoms with Crippen molar-refractivity contribution in [2.45, 2.75) is 70.8 Å². The standard InChI is InChI=1S/C21H31N7O/c1-15(29)27-10-5-7-21(12-27)8-6-16-17(21)25-19(20(2,3)4)26-18(16)23-9-11-28-14-22-13-24-28/h13-14H,5-12H2,1-4H3,(H,23,25,26). The number of likely N-dealkylation sites (tertiary alicyclic amines) is 1. The number of hydrogen-bond donors (Lipinski definition) is 1. The first-order chi connectivity index (χ1) is 13.8. The van der Waals surface area contributed by atoms with E-state index in [9.17, 15) is 4.79 Å². The fraction of sp³-hybridized carbons (Fsp3) is 0.667. The normalized spacial score (nSPS) is 21.4. The van der Waals surface area contributed by atoms with Crippen LogP contribution in [0.2, 0.25) is 0 Å². The van der Waals surface area contributed by atoms with Crippen LogP contribution in [0.15, 0.2) is 12.7 Å². The highest BCUT2D eigenvalue weighted by Gasteiger charge is 2.45. The molecular formula is C21H31N7O. The molecule has 0 radical (unpaired) electrons. The van der Waals surface area contributed by atoms with E-state index in [0.29, 0.717) is 0 Å². The summed E-state index contributed by atoms with van der Waals surface area (Å²) in [6, 6.07) is 0. The molecule has 4 rings (SSSR count). The van der Waals surface area contributed by atoms with Crippen molar-refractivity contribution in [1.29, 1.82) is 0 Å². The molecular weight excluding hydrogens is 366 g/mol. The lowest BCUT2D eigenvalue weighted by molar-refractivity contribution is -0.131. The maximum Gasteiger partial charge on any atom is 0.219 e. The van der Waals surface area contributed by atoms with Gasteiger partial charge in [0.2, 0.25) is 5.91 Å². The van der Waals surface area contributed by atoms with E-state index < -0.39 is 0 Å². The average molecular weight is 398 g/mol. The van der Waals surface area contributed by atoms with E-state index in [4.69, 9.17) is 9.97 Å². The number of hydrogen-bond acceptors (Lipinski definition) is 6. The van der Waals surface area contributed by atoms with Crippen LogP contribution in [0, 0.1) is 0 Å². The van der Waals surface area contributed by atoms with Crippen LogP contribution in [0.4, 0.5) is 5.82 Å². The lowest BCUT2D eigenvalue weighted by Crippen LogP contribution is -2.47. The Morgan fingerprint density at radius 2 is 2.10 bits per heavy atom. The number of carbonyl (C=O) groups excluding carboxylic acids is 1. The molecule has 3 heterocycles. The predicted octanol–water partition coefficient (Wildman–Crippen LogP) is 2.30. The second-order valence-corrected chi connectivity index (χ2v) is 9.38. The van der Waals surface area contributed by atoms with Gasteiger partial charge >= 0.3 is 0 Å². The van der Waals surface area contributed by atoms with E-state index in [1.807, 2.05) is 9.58 Å². The van der Waals surface area contributed by atoms with Crippen LogP contribution >= 0.6 is 0 Å². The van der Waals surface area contributed by atoms with Crippen LogP contribution in [-0.4, -0.2) is 55.2 Å². The predicted molar refractivity (Wildman–Crippen MR) is 111 cm³/mol. The van der Waals surface area contributed by atoms with Crippen LogP contribution < -0.4 is 5.32 Å². The average Bonchev–Trinajstić information content (AvgIpc) is 3.30. The van der Waals surface area contributed by atoms with Gasteiger partial charge in [0.15, 0.2) is 0 Å². The van der Waals surface area contributed by atoms with Gasteiger partial charge in [0, 0.05) is 43.0 Å². The minimum absolute atomic E-state index is 0.0372. The lowest BCUT2D eigenvalue weighted by atomic mass is 9.77. The number of rotatable bonds is 4. The third kappa shape index (κ3) is 3.84. The van der Waals surface area contributed by atoms with Gasteiger partial charge in [0.1, 0.15) is 24.3 Å². The van der Waals surface area contributed by atoms with E-state index in [0.717, 1.165) is 69.2 Å². The molecule has 0 bridgehead atoms. The molecule has 1 atom stereocenters. The van der Waals surface area contributed by atoms with Gasteiger partial charge in [-0.1, -0.05) is 20.8 Å². The summed E-state index contributed by atoms with van der Waals surface area (Å²) < 4.78 is 1.81. The Labute approximate surface area is 172 Å². The van der Waals surface area contributed by atoms with Gasteiger partial charge in [-0.05, 0) is 25.7 Å². The first kappa shape index (κ1) is 19.8. The Balaban J connectivity index is 1.66. The maximum absolute atomic E-state index is 12.1. The van der Waals surface area contributed by atoms with Crippen molar-refractivity contribution in [3.8, 4) is 0 Å². The summed E-state index contributed by atoms with van der Waals surface area (Å²) in [5, 5.41) is 7.70. The molecule has 1 aliphatic carbocycles. The van der Waals surface area contributed by atoms with Gasteiger partial charge in [0.05, 0.1) is 12.2 Å². The number of anilines is 1. The highest BCUT2D eigenvalue weighted by atomic mass is 16.2. The fourth-order valence-corrected chi connectivity index (χ4v) is 4.56. The molecule has 1 spiro atoms. The van der Waals surface area contributed by atoms with Crippen molar-refractivity contribution >= 4 is 11.7 Å². The molecule has 1 saturated heterocycles. The topological polar surface area (TPSA) is 88.8 Å². The summed E-state index contributed by atoms with van der Waals surface area (Å²) in [6.07, 6.45) is 7.38. The highest BCUT2D eigenvalue weighted by Crippen LogP contribution is 2.46. The van der Waals surface area contributed by atoms with E-state index in [1.165, 1.54) is 5.56 Å². The molecule has 2 aliphatic rings. The zero-order valence-corrected chi connectivity index (χ0v) is 17.9. The van der Waals surface area contributed by atoms with Crippen molar-refractivity contribution in [1.82, 2.24) is 29.6 Å². The molecule has 0 aromatic carbocycles. The van der Waals surface area contributed by atoms with Gasteiger partial charge in [-0.15, -0.1) is 0 Å². The quantitative estimate of drug-likeness (QED) is 0.852. The minimum atomic E-state index is -0.143. The number of piperidine rings is 1. The van der Waals surface area contributed by atoms with Gasteiger partial charge in [0.25, 0.3) is 0 Å². The third-order valence-electron chi connectivity index (χ3n) is 6.16. The number of nitrogens with one attached hydrogen (secondary N) is 1. The van der Waals surface area contributed by atoms with E-state index in [-0.39, 0.29) is 16.7 Å². The minimum Gasteiger partial charge on any atom is -0.368 e. The first-order valence-corrected chi connectivity index (χ1v) is 10.5. The van der Waals surface area contributed by atoms with Crippen molar-refractivity contribution in [3.63, 3.8) is 0 Å². The van der Waals surface area contributed by atoms with Crippen molar-refractivity contribution in [3.05, 3.63) is 29.7 Å². The van der Waals surface area contributed by atoms with Crippen LogP contribution in [-0.2, 0) is 28.6 Å². The van der Waals surface area contributed by atoms with Crippen molar-refractivity contribution in [2.75, 3.05) is 25.0 Å². The molecule has 1 N–H and O–H groups in total. The summed E-state index contributed by atoms with van der Waals surface area (Å²) >= 11 is 0. The monoisotopic (exact) mass is 397 g/mol. The van der Waals surface area contributed by atoms with Crippen LogP contribution in [0.1, 0.15) is 64.0 Å². The molecule has 1 amide bonds. The van der Waals surface area contributed by atoms with Crippen LogP contribution in [0.25, 0.3) is 0 Å². The number of carbonyl (C=O) groups is 1. The first-order valence-electron chi connectivity index (χ1n) is 10.5. The van der Waals surface area contributed by atoms with E-state index in [1.54, 1.807) is 19.6 Å². The van der Waals surface area contributed by atoms with E-state index in [2.05, 4.69) is 36.2 Å². The van der Waals surface area contributed by atoms with Gasteiger partial charge in [-0.3, -0.25) is 9.48 Å². The molecule has 1 fully saturated rings. The van der Waals surface area contributed by atoms with Crippen molar-refractivity contribution in [2.24, 2.45) is 0 Å². The Morgan fingerprint density at radius 3 is 2.79 bits per heavy atom. The molecule has 2 aromatic rings. The van der Waals surface area contributed by atoms with Gasteiger partial charge in [-0.25, -0.2) is 15.0 Å². The summed E-state index contributed by atoms with van der Waals surface area (Å²) in [4.78, 5) is 28.1. The number of amides is 1. The third-order valence-corrected chi connectivity index (χ3v) is 6.16. The summed E-state index contributed by atoms with van der Waals surface area (Å²) in [5.41, 5.74) is 2.20. The molecule has 8 nitrogen and oxygen atoms in total. The van der Waals surface area contributed by atoms with Gasteiger partial charge in [-0.2, -0.15) is 5.10 Å². The Kier molecular flexibility index (Phi) is 5.04. The summed E-state index contributed by atoms with van der Waals surface area (Å²) in [6.45, 7) is 11.2. The molecule has 0 saturated carbocycles. The van der Waals surface area contributed by atoms with Crippen LogP contribution in [0.5, 0.6) is 0 Å². The smallest absolute Gasteiger partial charge is 0.219 e. The number of aromatic nitrogens is 5. The van der Waals surface area contributed by atoms with Crippen molar-refractivity contribution < 1.29 is 4.79 Å². The van der Waals surface area contributed by atoms with E-state index >= 15 is 0 Å². The molecule has 1 unspecified atom stereocenters. The number of fused-ring (bicyclic) bond motifs is 2. The number of nitrogens with zero attached hydrogens (tertiary/aromatic N) is 6. The highest BCUT2D eigenvalue weighted by molar-refractivity contribution is 5.73. The SMILES string of the molecule is CC(=O)N1CCCC2(CCc3c(NCCn4cncn4)nc(C(C)(C)C)nc32)C1. The zero-order chi connectivity index (χ0) is 20.6. The molecule has 2 aromatic heterocycles. The largest absolute Gasteiger partial charge is 0.368 e. The lowest BCUT2D eigenvalue weighted by Gasteiger charge is -2.40. The Bertz CT molecular complexity index is 887. The Hall–Kier alpha value is -2.51. The maximum atomic E-state index is 12.1. The van der Waals surface area contributed by atoms with Gasteiger partial charge < -0.3 is 10.2 Å². The molecule has 1 aliphatic heterocycles. The van der Waals surface area contributed by atoms with Crippen LogP contribution in [0.3, 0.4) is 0 Å². The second kappa shape index (κ2) is 7.39. The molecule has 29 heavy (non-hydrogen) atoms. The zero-order valence-electron chi connectivity index (χ0n) is 17.9.